The van der Waals surface area contributed by atoms with Crippen LogP contribution in [0, 0.1) is 11.3 Å². The molecule has 0 bridgehead atoms. The van der Waals surface area contributed by atoms with Crippen LogP contribution in [0.4, 0.5) is 0 Å². The van der Waals surface area contributed by atoms with E-state index in [0.717, 1.165) is 11.1 Å². The Bertz CT molecular complexity index is 627. The van der Waals surface area contributed by atoms with Gasteiger partial charge >= 0.3 is 0 Å². The molecule has 0 N–H and O–H groups in total. The van der Waals surface area contributed by atoms with E-state index in [1.165, 1.54) is 0 Å². The average molecular weight is 267 g/mol. The summed E-state index contributed by atoms with van der Waals surface area (Å²) >= 11 is 0. The molecule has 20 heavy (non-hydrogen) atoms. The summed E-state index contributed by atoms with van der Waals surface area (Å²) in [6.07, 6.45) is 1.68. The van der Waals surface area contributed by atoms with Crippen molar-refractivity contribution in [3.8, 4) is 23.3 Å². The fourth-order valence-electron chi connectivity index (χ4n) is 1.81. The van der Waals surface area contributed by atoms with Gasteiger partial charge in [0, 0.05) is 17.8 Å². The maximum atomic E-state index is 9.14. The molecule has 0 aliphatic rings. The minimum absolute atomic E-state index is 0.493. The van der Waals surface area contributed by atoms with Crippen LogP contribution in [0.25, 0.3) is 11.4 Å². The Hall–Kier alpha value is -2.41. The van der Waals surface area contributed by atoms with Crippen LogP contribution in [0.15, 0.2) is 36.5 Å². The monoisotopic (exact) mass is 267 g/mol. The van der Waals surface area contributed by atoms with Gasteiger partial charge in [-0.1, -0.05) is 24.3 Å². The van der Waals surface area contributed by atoms with Crippen molar-refractivity contribution in [1.82, 2.24) is 9.97 Å². The molecular formula is C16H17N3O. The summed E-state index contributed by atoms with van der Waals surface area (Å²) in [5, 5.41) is 9.14. The van der Waals surface area contributed by atoms with Gasteiger partial charge in [-0.05, 0) is 26.3 Å². The third kappa shape index (κ3) is 2.94. The second-order valence-corrected chi connectivity index (χ2v) is 4.97. The van der Waals surface area contributed by atoms with Crippen LogP contribution in [0.1, 0.15) is 26.3 Å². The van der Waals surface area contributed by atoms with E-state index in [4.69, 9.17) is 10.00 Å². The molecule has 1 heterocycles. The van der Waals surface area contributed by atoms with Crippen molar-refractivity contribution in [2.24, 2.45) is 0 Å². The quantitative estimate of drug-likeness (QED) is 0.852. The topological polar surface area (TPSA) is 58.8 Å². The van der Waals surface area contributed by atoms with Crippen molar-refractivity contribution in [1.29, 1.82) is 5.26 Å². The van der Waals surface area contributed by atoms with Crippen LogP contribution in [0.2, 0.25) is 0 Å². The van der Waals surface area contributed by atoms with Gasteiger partial charge in [-0.15, -0.1) is 0 Å². The molecule has 2 rings (SSSR count). The van der Waals surface area contributed by atoms with Crippen LogP contribution in [0.5, 0.6) is 5.88 Å². The molecule has 0 spiro atoms. The lowest BCUT2D eigenvalue weighted by molar-refractivity contribution is 0.326. The van der Waals surface area contributed by atoms with Crippen LogP contribution in [-0.2, 0) is 5.41 Å². The molecule has 4 heteroatoms. The predicted octanol–water partition coefficient (Wildman–Crippen LogP) is 3.34. The van der Waals surface area contributed by atoms with Crippen LogP contribution >= 0.6 is 0 Å². The zero-order valence-corrected chi connectivity index (χ0v) is 11.9. The predicted molar refractivity (Wildman–Crippen MR) is 77.3 cm³/mol. The highest BCUT2D eigenvalue weighted by Crippen LogP contribution is 2.25. The number of rotatable bonds is 4. The summed E-state index contributed by atoms with van der Waals surface area (Å²) in [5.41, 5.74) is 1.39. The summed E-state index contributed by atoms with van der Waals surface area (Å²) in [5.74, 6) is 1.19. The number of hydrogen-bond acceptors (Lipinski definition) is 4. The van der Waals surface area contributed by atoms with Crippen molar-refractivity contribution < 1.29 is 4.74 Å². The summed E-state index contributed by atoms with van der Waals surface area (Å²) in [6.45, 7) is 6.29. The lowest BCUT2D eigenvalue weighted by Crippen LogP contribution is -2.13. The first-order valence-corrected chi connectivity index (χ1v) is 6.55. The Morgan fingerprint density at radius 2 is 1.90 bits per heavy atom. The minimum Gasteiger partial charge on any atom is -0.478 e. The van der Waals surface area contributed by atoms with Gasteiger partial charge in [-0.2, -0.15) is 10.2 Å². The molecule has 102 valence electrons. The fourth-order valence-corrected chi connectivity index (χ4v) is 1.81. The lowest BCUT2D eigenvalue weighted by Gasteiger charge is -2.15. The molecule has 4 nitrogen and oxygen atoms in total. The summed E-state index contributed by atoms with van der Waals surface area (Å²) in [4.78, 5) is 8.59. The van der Waals surface area contributed by atoms with Gasteiger partial charge in [-0.3, -0.25) is 0 Å². The molecule has 0 fully saturated rings. The number of nitriles is 1. The number of nitrogens with zero attached hydrogens (tertiary/aromatic N) is 3. The highest BCUT2D eigenvalue weighted by molar-refractivity contribution is 5.56. The van der Waals surface area contributed by atoms with Gasteiger partial charge < -0.3 is 4.74 Å². The standard InChI is InChI=1S/C16H17N3O/c1-4-20-14-9-10-18-15(19-14)12-5-7-13(8-6-12)16(2,3)11-17/h5-10H,4H2,1-3H3. The molecule has 0 aliphatic carbocycles. The number of benzene rings is 1. The highest BCUT2D eigenvalue weighted by atomic mass is 16.5. The van der Waals surface area contributed by atoms with Crippen molar-refractivity contribution in [3.05, 3.63) is 42.1 Å². The van der Waals surface area contributed by atoms with E-state index in [2.05, 4.69) is 16.0 Å². The Morgan fingerprint density at radius 1 is 1.20 bits per heavy atom. The Kier molecular flexibility index (Phi) is 3.99. The Balaban J connectivity index is 2.31. The Morgan fingerprint density at radius 3 is 2.50 bits per heavy atom. The minimum atomic E-state index is -0.493. The van der Waals surface area contributed by atoms with Crippen LogP contribution in [0.3, 0.4) is 0 Å². The van der Waals surface area contributed by atoms with Crippen LogP contribution in [-0.4, -0.2) is 16.6 Å². The van der Waals surface area contributed by atoms with Gasteiger partial charge in [0.15, 0.2) is 5.82 Å². The molecule has 0 aliphatic heterocycles. The molecule has 2 aromatic rings. The van der Waals surface area contributed by atoms with E-state index in [1.54, 1.807) is 12.3 Å². The van der Waals surface area contributed by atoms with Crippen molar-refractivity contribution in [2.45, 2.75) is 26.2 Å². The molecule has 0 atom stereocenters. The van der Waals surface area contributed by atoms with Crippen molar-refractivity contribution in [3.63, 3.8) is 0 Å². The van der Waals surface area contributed by atoms with Crippen molar-refractivity contribution in [2.75, 3.05) is 6.61 Å². The van der Waals surface area contributed by atoms with E-state index in [9.17, 15) is 0 Å². The van der Waals surface area contributed by atoms with Gasteiger partial charge in [0.1, 0.15) is 0 Å². The molecule has 1 aromatic carbocycles. The maximum Gasteiger partial charge on any atom is 0.216 e. The van der Waals surface area contributed by atoms with Crippen molar-refractivity contribution >= 4 is 0 Å². The molecule has 0 saturated carbocycles. The third-order valence-electron chi connectivity index (χ3n) is 3.07. The molecule has 0 amide bonds. The molecule has 1 aromatic heterocycles. The molecule has 0 unspecified atom stereocenters. The van der Waals surface area contributed by atoms with Gasteiger partial charge in [-0.25, -0.2) is 4.98 Å². The van der Waals surface area contributed by atoms with Gasteiger partial charge in [0.25, 0.3) is 0 Å². The van der Waals surface area contributed by atoms with E-state index >= 15 is 0 Å². The largest absolute Gasteiger partial charge is 0.478 e. The maximum absolute atomic E-state index is 9.14. The fraction of sp³-hybridized carbons (Fsp3) is 0.312. The van der Waals surface area contributed by atoms with Crippen LogP contribution < -0.4 is 4.74 Å². The first-order valence-electron chi connectivity index (χ1n) is 6.55. The first kappa shape index (κ1) is 14.0. The number of aromatic nitrogens is 2. The van der Waals surface area contributed by atoms with Gasteiger partial charge in [0.2, 0.25) is 5.88 Å². The molecular weight excluding hydrogens is 250 g/mol. The average Bonchev–Trinajstić information content (AvgIpc) is 2.48. The molecule has 0 radical (unpaired) electrons. The normalized spacial score (nSPS) is 10.9. The second kappa shape index (κ2) is 5.70. The summed E-state index contributed by atoms with van der Waals surface area (Å²) in [7, 11) is 0. The summed E-state index contributed by atoms with van der Waals surface area (Å²) < 4.78 is 5.37. The smallest absolute Gasteiger partial charge is 0.216 e. The van der Waals surface area contributed by atoms with E-state index in [-0.39, 0.29) is 0 Å². The molecule has 0 saturated heterocycles. The lowest BCUT2D eigenvalue weighted by atomic mass is 9.86. The highest BCUT2D eigenvalue weighted by Gasteiger charge is 2.19. The summed E-state index contributed by atoms with van der Waals surface area (Å²) in [6, 6.07) is 11.8. The zero-order valence-electron chi connectivity index (χ0n) is 11.9. The Labute approximate surface area is 119 Å². The van der Waals surface area contributed by atoms with E-state index in [1.807, 2.05) is 45.0 Å². The number of ether oxygens (including phenoxy) is 1. The SMILES string of the molecule is CCOc1ccnc(-c2ccc(C(C)(C)C#N)cc2)n1. The number of hydrogen-bond donors (Lipinski definition) is 0. The van der Waals surface area contributed by atoms with E-state index in [0.29, 0.717) is 18.3 Å². The second-order valence-electron chi connectivity index (χ2n) is 4.97. The zero-order chi connectivity index (χ0) is 14.6. The van der Waals surface area contributed by atoms with E-state index < -0.39 is 5.41 Å². The third-order valence-corrected chi connectivity index (χ3v) is 3.07. The van der Waals surface area contributed by atoms with Gasteiger partial charge in [0.05, 0.1) is 18.1 Å². The first-order chi connectivity index (χ1) is 9.56.